The molecular formula is C18H14FNOS2. The van der Waals surface area contributed by atoms with Crippen LogP contribution in [0.4, 0.5) is 10.1 Å². The molecule has 0 bridgehead atoms. The number of anilines is 1. The summed E-state index contributed by atoms with van der Waals surface area (Å²) in [6.45, 7) is 3.92. The standard InChI is InChI=1S/C18H14FNOS2/c1-11-6-7-12(2)15(8-11)20-17(21)16(23-18(20)22)10-13-4-3-5-14(19)9-13/h3-10H,1-2H3. The summed E-state index contributed by atoms with van der Waals surface area (Å²) < 4.78 is 13.8. The van der Waals surface area contributed by atoms with E-state index in [1.54, 1.807) is 23.1 Å². The molecule has 1 aliphatic rings. The van der Waals surface area contributed by atoms with E-state index in [-0.39, 0.29) is 11.7 Å². The molecule has 1 aliphatic heterocycles. The van der Waals surface area contributed by atoms with Crippen LogP contribution >= 0.6 is 24.0 Å². The Kier molecular flexibility index (Phi) is 4.33. The highest BCUT2D eigenvalue weighted by molar-refractivity contribution is 8.27. The Morgan fingerprint density at radius 1 is 1.17 bits per heavy atom. The summed E-state index contributed by atoms with van der Waals surface area (Å²) in [4.78, 5) is 14.8. The Labute approximate surface area is 144 Å². The molecule has 0 saturated carbocycles. The number of nitrogens with zero attached hydrogens (tertiary/aromatic N) is 1. The zero-order chi connectivity index (χ0) is 16.6. The minimum atomic E-state index is -0.330. The van der Waals surface area contributed by atoms with Gasteiger partial charge in [-0.2, -0.15) is 0 Å². The lowest BCUT2D eigenvalue weighted by atomic mass is 10.1. The quantitative estimate of drug-likeness (QED) is 0.574. The molecule has 0 atom stereocenters. The first-order valence-electron chi connectivity index (χ1n) is 7.06. The van der Waals surface area contributed by atoms with Gasteiger partial charge in [0.2, 0.25) is 0 Å². The highest BCUT2D eigenvalue weighted by Gasteiger charge is 2.34. The molecule has 0 unspecified atom stereocenters. The Bertz CT molecular complexity index is 845. The predicted molar refractivity (Wildman–Crippen MR) is 98.0 cm³/mol. The van der Waals surface area contributed by atoms with Crippen LogP contribution in [0, 0.1) is 19.7 Å². The number of thioether (sulfide) groups is 1. The van der Waals surface area contributed by atoms with Crippen LogP contribution in [0.5, 0.6) is 0 Å². The fraction of sp³-hybridized carbons (Fsp3) is 0.111. The van der Waals surface area contributed by atoms with Gasteiger partial charge in [0.15, 0.2) is 4.32 Å². The van der Waals surface area contributed by atoms with Gasteiger partial charge in [-0.1, -0.05) is 48.2 Å². The van der Waals surface area contributed by atoms with Crippen molar-refractivity contribution in [1.82, 2.24) is 0 Å². The number of thiocarbonyl (C=S) groups is 1. The van der Waals surface area contributed by atoms with E-state index in [0.717, 1.165) is 16.8 Å². The SMILES string of the molecule is Cc1ccc(C)c(N2C(=O)C(=Cc3cccc(F)c3)SC2=S)c1. The molecule has 0 spiro atoms. The topological polar surface area (TPSA) is 20.3 Å². The molecule has 2 aromatic rings. The molecule has 0 aromatic heterocycles. The lowest BCUT2D eigenvalue weighted by Crippen LogP contribution is -2.28. The lowest BCUT2D eigenvalue weighted by Gasteiger charge is -2.17. The molecule has 5 heteroatoms. The zero-order valence-corrected chi connectivity index (χ0v) is 14.3. The number of amides is 1. The van der Waals surface area contributed by atoms with E-state index in [1.807, 2.05) is 32.0 Å². The molecule has 1 amide bonds. The fourth-order valence-corrected chi connectivity index (χ4v) is 3.67. The zero-order valence-electron chi connectivity index (χ0n) is 12.7. The minimum absolute atomic E-state index is 0.169. The maximum absolute atomic E-state index is 13.3. The van der Waals surface area contributed by atoms with Gasteiger partial charge in [0.05, 0.1) is 10.6 Å². The Hall–Kier alpha value is -1.98. The van der Waals surface area contributed by atoms with Crippen LogP contribution in [0.2, 0.25) is 0 Å². The molecule has 23 heavy (non-hydrogen) atoms. The number of aryl methyl sites for hydroxylation is 2. The normalized spacial score (nSPS) is 16.5. The van der Waals surface area contributed by atoms with Gasteiger partial charge in [-0.15, -0.1) is 0 Å². The third-order valence-corrected chi connectivity index (χ3v) is 4.85. The lowest BCUT2D eigenvalue weighted by molar-refractivity contribution is -0.113. The minimum Gasteiger partial charge on any atom is -0.268 e. The summed E-state index contributed by atoms with van der Waals surface area (Å²) in [6, 6.07) is 12.1. The molecule has 3 rings (SSSR count). The highest BCUT2D eigenvalue weighted by Crippen LogP contribution is 2.37. The molecular weight excluding hydrogens is 329 g/mol. The number of carbonyl (C=O) groups is 1. The van der Waals surface area contributed by atoms with Crippen molar-refractivity contribution in [2.24, 2.45) is 0 Å². The largest absolute Gasteiger partial charge is 0.270 e. The van der Waals surface area contributed by atoms with Gasteiger partial charge in [0.1, 0.15) is 5.82 Å². The van der Waals surface area contributed by atoms with Crippen LogP contribution < -0.4 is 4.90 Å². The number of hydrogen-bond donors (Lipinski definition) is 0. The van der Waals surface area contributed by atoms with Gasteiger partial charge in [-0.3, -0.25) is 9.69 Å². The van der Waals surface area contributed by atoms with Crippen molar-refractivity contribution < 1.29 is 9.18 Å². The average Bonchev–Trinajstić information content (AvgIpc) is 2.76. The molecule has 1 saturated heterocycles. The molecule has 2 aromatic carbocycles. The van der Waals surface area contributed by atoms with E-state index in [9.17, 15) is 9.18 Å². The maximum atomic E-state index is 13.3. The first kappa shape index (κ1) is 15.9. The molecule has 116 valence electrons. The van der Waals surface area contributed by atoms with Crippen molar-refractivity contribution in [3.63, 3.8) is 0 Å². The van der Waals surface area contributed by atoms with E-state index in [4.69, 9.17) is 12.2 Å². The van der Waals surface area contributed by atoms with Crippen LogP contribution in [-0.4, -0.2) is 10.2 Å². The Morgan fingerprint density at radius 3 is 2.70 bits per heavy atom. The second kappa shape index (κ2) is 6.26. The van der Waals surface area contributed by atoms with E-state index < -0.39 is 0 Å². The van der Waals surface area contributed by atoms with Crippen molar-refractivity contribution in [3.05, 3.63) is 69.9 Å². The van der Waals surface area contributed by atoms with Crippen LogP contribution in [0.15, 0.2) is 47.4 Å². The van der Waals surface area contributed by atoms with Crippen molar-refractivity contribution in [3.8, 4) is 0 Å². The summed E-state index contributed by atoms with van der Waals surface area (Å²) in [6.07, 6.45) is 1.67. The number of carbonyl (C=O) groups excluding carboxylic acids is 1. The monoisotopic (exact) mass is 343 g/mol. The van der Waals surface area contributed by atoms with E-state index in [0.29, 0.717) is 14.8 Å². The first-order chi connectivity index (χ1) is 11.0. The molecule has 2 nitrogen and oxygen atoms in total. The van der Waals surface area contributed by atoms with Gasteiger partial charge in [0.25, 0.3) is 5.91 Å². The number of rotatable bonds is 2. The summed E-state index contributed by atoms with van der Waals surface area (Å²) in [7, 11) is 0. The molecule has 0 radical (unpaired) electrons. The summed E-state index contributed by atoms with van der Waals surface area (Å²) in [5, 5.41) is 0. The molecule has 0 N–H and O–H groups in total. The van der Waals surface area contributed by atoms with Crippen molar-refractivity contribution in [2.45, 2.75) is 13.8 Å². The third kappa shape index (κ3) is 3.21. The predicted octanol–water partition coefficient (Wildman–Crippen LogP) is 4.85. The van der Waals surface area contributed by atoms with Crippen LogP contribution in [-0.2, 0) is 4.79 Å². The van der Waals surface area contributed by atoms with Crippen molar-refractivity contribution >= 4 is 46.0 Å². The van der Waals surface area contributed by atoms with Gasteiger partial charge < -0.3 is 0 Å². The molecule has 1 fully saturated rings. The van der Waals surface area contributed by atoms with Gasteiger partial charge in [0, 0.05) is 0 Å². The maximum Gasteiger partial charge on any atom is 0.270 e. The second-order valence-electron chi connectivity index (χ2n) is 5.36. The Morgan fingerprint density at radius 2 is 1.96 bits per heavy atom. The number of benzene rings is 2. The highest BCUT2D eigenvalue weighted by atomic mass is 32.2. The van der Waals surface area contributed by atoms with Gasteiger partial charge in [-0.05, 0) is 54.8 Å². The number of hydrogen-bond acceptors (Lipinski definition) is 3. The van der Waals surface area contributed by atoms with Crippen LogP contribution in [0.25, 0.3) is 6.08 Å². The first-order valence-corrected chi connectivity index (χ1v) is 8.29. The van der Waals surface area contributed by atoms with Crippen LogP contribution in [0.3, 0.4) is 0 Å². The van der Waals surface area contributed by atoms with E-state index in [2.05, 4.69) is 0 Å². The summed E-state index contributed by atoms with van der Waals surface area (Å²) in [5.74, 6) is -0.498. The fourth-order valence-electron chi connectivity index (χ4n) is 2.38. The number of halogens is 1. The van der Waals surface area contributed by atoms with Crippen molar-refractivity contribution in [1.29, 1.82) is 0 Å². The second-order valence-corrected chi connectivity index (χ2v) is 7.04. The van der Waals surface area contributed by atoms with Gasteiger partial charge in [-0.25, -0.2) is 4.39 Å². The van der Waals surface area contributed by atoms with Gasteiger partial charge >= 0.3 is 0 Å². The van der Waals surface area contributed by atoms with E-state index >= 15 is 0 Å². The Balaban J connectivity index is 1.99. The summed E-state index contributed by atoms with van der Waals surface area (Å²) in [5.41, 5.74) is 3.49. The summed E-state index contributed by atoms with van der Waals surface area (Å²) >= 11 is 6.61. The van der Waals surface area contributed by atoms with E-state index in [1.165, 1.54) is 23.9 Å². The van der Waals surface area contributed by atoms with Crippen LogP contribution in [0.1, 0.15) is 16.7 Å². The van der Waals surface area contributed by atoms with Crippen molar-refractivity contribution in [2.75, 3.05) is 4.90 Å². The molecule has 0 aliphatic carbocycles. The smallest absolute Gasteiger partial charge is 0.268 e. The average molecular weight is 343 g/mol. The molecule has 1 heterocycles. The third-order valence-electron chi connectivity index (χ3n) is 3.55.